The highest BCUT2D eigenvalue weighted by Gasteiger charge is 2.78. The lowest BCUT2D eigenvalue weighted by molar-refractivity contribution is -0.156. The average Bonchev–Trinajstić information content (AvgIpc) is 3.47. The number of amides is 2. The van der Waals surface area contributed by atoms with Gasteiger partial charge in [0.05, 0.1) is 46.5 Å². The van der Waals surface area contributed by atoms with Gasteiger partial charge in [-0.1, -0.05) is 35.9 Å². The van der Waals surface area contributed by atoms with Gasteiger partial charge in [0, 0.05) is 11.3 Å². The average molecular weight is 575 g/mol. The molecule has 1 aromatic carbocycles. The zero-order valence-electron chi connectivity index (χ0n) is 23.0. The van der Waals surface area contributed by atoms with Crippen LogP contribution in [0.25, 0.3) is 0 Å². The predicted octanol–water partition coefficient (Wildman–Crippen LogP) is 4.93. The molecule has 0 radical (unpaired) electrons. The van der Waals surface area contributed by atoms with E-state index in [0.717, 1.165) is 24.8 Å². The van der Waals surface area contributed by atoms with E-state index >= 15 is 0 Å². The minimum atomic E-state index is -0.870. The molecule has 2 bridgehead atoms. The van der Waals surface area contributed by atoms with Crippen LogP contribution in [-0.2, 0) is 19.1 Å². The lowest BCUT2D eigenvalue weighted by Crippen LogP contribution is -2.57. The third kappa shape index (κ3) is 4.93. The van der Waals surface area contributed by atoms with Crippen LogP contribution in [0.2, 0.25) is 5.02 Å². The number of benzene rings is 1. The minimum Gasteiger partial charge on any atom is -0.465 e. The molecule has 3 aliphatic heterocycles. The molecule has 1 N–H and O–H groups in total. The zero-order chi connectivity index (χ0) is 28.5. The summed E-state index contributed by atoms with van der Waals surface area (Å²) in [7, 11) is 0. The van der Waals surface area contributed by atoms with Crippen LogP contribution in [0.1, 0.15) is 51.5 Å². The lowest BCUT2D eigenvalue weighted by Gasteiger charge is -2.39. The van der Waals surface area contributed by atoms with Crippen molar-refractivity contribution in [1.29, 1.82) is 0 Å². The molecule has 1 spiro atoms. The van der Waals surface area contributed by atoms with E-state index in [1.807, 2.05) is 32.1 Å². The maximum Gasteiger partial charge on any atom is 0.311 e. The first kappa shape index (κ1) is 29.7. The van der Waals surface area contributed by atoms with Crippen molar-refractivity contribution in [1.82, 2.24) is 4.90 Å². The number of likely N-dealkylation sites (tertiary alicyclic amines) is 1. The summed E-state index contributed by atoms with van der Waals surface area (Å²) in [5.74, 6) is -2.29. The Balaban J connectivity index is 1.74. The Kier molecular flexibility index (Phi) is 8.89. The smallest absolute Gasteiger partial charge is 0.311 e. The molecule has 7 nitrogen and oxygen atoms in total. The predicted molar refractivity (Wildman–Crippen MR) is 156 cm³/mol. The Labute approximate surface area is 240 Å². The normalized spacial score (nSPS) is 29.7. The maximum absolute atomic E-state index is 14.6. The van der Waals surface area contributed by atoms with E-state index < -0.39 is 33.4 Å². The van der Waals surface area contributed by atoms with Crippen LogP contribution in [-0.4, -0.2) is 69.1 Å². The van der Waals surface area contributed by atoms with Crippen LogP contribution < -0.4 is 4.90 Å². The van der Waals surface area contributed by atoms with Crippen molar-refractivity contribution in [2.45, 2.75) is 74.5 Å². The van der Waals surface area contributed by atoms with E-state index in [1.165, 1.54) is 4.90 Å². The summed E-state index contributed by atoms with van der Waals surface area (Å²) in [4.78, 5) is 45.4. The van der Waals surface area contributed by atoms with Crippen LogP contribution >= 0.6 is 23.4 Å². The number of hydrogen-bond acceptors (Lipinski definition) is 6. The van der Waals surface area contributed by atoms with Crippen molar-refractivity contribution in [3.05, 3.63) is 54.1 Å². The number of carbonyl (C=O) groups excluding carboxylic acids is 3. The van der Waals surface area contributed by atoms with Gasteiger partial charge in [-0.25, -0.2) is 0 Å². The number of fused-ring (bicyclic) bond motifs is 1. The van der Waals surface area contributed by atoms with E-state index in [2.05, 4.69) is 13.2 Å². The third-order valence-electron chi connectivity index (χ3n) is 8.52. The summed E-state index contributed by atoms with van der Waals surface area (Å²) in [5.41, 5.74) is 1.40. The van der Waals surface area contributed by atoms with E-state index in [0.29, 0.717) is 23.6 Å². The number of hydrogen-bond donors (Lipinski definition) is 1. The number of thioether (sulfide) groups is 1. The number of nitrogens with zero attached hydrogens (tertiary/aromatic N) is 2. The van der Waals surface area contributed by atoms with E-state index in [1.54, 1.807) is 35.7 Å². The van der Waals surface area contributed by atoms with Crippen molar-refractivity contribution in [3.8, 4) is 0 Å². The molecule has 3 saturated heterocycles. The molecular weight excluding hydrogens is 536 g/mol. The van der Waals surface area contributed by atoms with Gasteiger partial charge in [-0.3, -0.25) is 14.4 Å². The lowest BCUT2D eigenvalue weighted by atomic mass is 9.66. The van der Waals surface area contributed by atoms with Gasteiger partial charge in [0.25, 0.3) is 5.91 Å². The van der Waals surface area contributed by atoms with Gasteiger partial charge in [0.15, 0.2) is 0 Å². The van der Waals surface area contributed by atoms with Crippen molar-refractivity contribution < 1.29 is 24.2 Å². The van der Waals surface area contributed by atoms with E-state index in [9.17, 15) is 19.5 Å². The maximum atomic E-state index is 14.6. The summed E-state index contributed by atoms with van der Waals surface area (Å²) in [6, 6.07) is 3.98. The quantitative estimate of drug-likeness (QED) is 0.216. The van der Waals surface area contributed by atoms with Gasteiger partial charge < -0.3 is 19.6 Å². The highest BCUT2D eigenvalue weighted by Crippen LogP contribution is 2.71. The van der Waals surface area contributed by atoms with E-state index in [-0.39, 0.29) is 37.5 Å². The largest absolute Gasteiger partial charge is 0.465 e. The second-order valence-corrected chi connectivity index (χ2v) is 13.4. The fourth-order valence-electron chi connectivity index (χ4n) is 6.75. The monoisotopic (exact) mass is 574 g/mol. The standard InChI is InChI=1S/C30H39ClN2O5S/c1-6-8-9-10-17-38-28(37)23-22-26(35)33(20(4)18-34)25(30(22)15-14-29(23,5)39-30)27(36)32(16-7-2)24-19(3)12-11-13-21(24)31/h6-7,11-13,20,22-23,25,34H,1-2,8-10,14-18H2,3-5H3/t20-,22+,23+,25?,29-,30?/m1/s1. The van der Waals surface area contributed by atoms with E-state index in [4.69, 9.17) is 16.3 Å². The van der Waals surface area contributed by atoms with Crippen LogP contribution in [0.4, 0.5) is 5.69 Å². The molecule has 2 amide bonds. The number of aliphatic hydroxyl groups excluding tert-OH is 1. The molecule has 1 aromatic rings. The molecule has 6 atom stereocenters. The van der Waals surface area contributed by atoms with Crippen LogP contribution in [0.15, 0.2) is 43.5 Å². The molecular formula is C30H39ClN2O5S. The Morgan fingerprint density at radius 1 is 1.31 bits per heavy atom. The SMILES string of the molecule is C=CCCCCOC(=O)[C@@H]1[C@H]2C(=O)N([C@H](C)CO)C(C(=O)N(CC=C)c3c(C)cccc3Cl)C23CC[C@@]1(C)S3. The Morgan fingerprint density at radius 3 is 2.69 bits per heavy atom. The molecule has 212 valence electrons. The summed E-state index contributed by atoms with van der Waals surface area (Å²) >= 11 is 8.18. The number of unbranched alkanes of at least 4 members (excludes halogenated alkanes) is 2. The Bertz CT molecular complexity index is 1140. The third-order valence-corrected chi connectivity index (χ3v) is 10.8. The highest BCUT2D eigenvalue weighted by atomic mass is 35.5. The molecule has 0 aliphatic carbocycles. The first-order valence-electron chi connectivity index (χ1n) is 13.7. The Morgan fingerprint density at radius 2 is 2.05 bits per heavy atom. The Hall–Kier alpha value is -2.29. The van der Waals surface area contributed by atoms with Gasteiger partial charge in [0.2, 0.25) is 5.91 Å². The number of ether oxygens (including phenoxy) is 1. The number of para-hydroxylation sites is 1. The summed E-state index contributed by atoms with van der Waals surface area (Å²) in [6.45, 7) is 13.4. The number of esters is 1. The van der Waals surface area contributed by atoms with Gasteiger partial charge >= 0.3 is 5.97 Å². The number of anilines is 1. The van der Waals surface area contributed by atoms with Gasteiger partial charge in [-0.15, -0.1) is 24.9 Å². The number of rotatable bonds is 12. The second kappa shape index (κ2) is 11.7. The number of aryl methyl sites for hydroxylation is 1. The molecule has 3 fully saturated rings. The van der Waals surface area contributed by atoms with Crippen molar-refractivity contribution in [3.63, 3.8) is 0 Å². The zero-order valence-corrected chi connectivity index (χ0v) is 24.6. The summed E-state index contributed by atoms with van der Waals surface area (Å²) in [6.07, 6.45) is 7.23. The molecule has 3 heterocycles. The molecule has 2 unspecified atom stereocenters. The molecule has 39 heavy (non-hydrogen) atoms. The van der Waals surface area contributed by atoms with Crippen molar-refractivity contribution >= 4 is 46.8 Å². The summed E-state index contributed by atoms with van der Waals surface area (Å²) in [5, 5.41) is 10.6. The number of aliphatic hydroxyl groups is 1. The molecule has 3 aliphatic rings. The summed E-state index contributed by atoms with van der Waals surface area (Å²) < 4.78 is 4.38. The topological polar surface area (TPSA) is 87.1 Å². The van der Waals surface area contributed by atoms with Gasteiger partial charge in [-0.2, -0.15) is 0 Å². The minimum absolute atomic E-state index is 0.203. The second-order valence-electron chi connectivity index (χ2n) is 11.1. The number of halogens is 1. The molecule has 0 aromatic heterocycles. The number of allylic oxidation sites excluding steroid dienone is 1. The van der Waals surface area contributed by atoms with Crippen LogP contribution in [0.5, 0.6) is 0 Å². The van der Waals surface area contributed by atoms with Gasteiger partial charge in [0.1, 0.15) is 6.04 Å². The number of carbonyl (C=O) groups is 3. The highest BCUT2D eigenvalue weighted by molar-refractivity contribution is 8.02. The molecule has 4 rings (SSSR count). The first-order chi connectivity index (χ1) is 18.6. The molecule has 9 heteroatoms. The van der Waals surface area contributed by atoms with Gasteiger partial charge in [-0.05, 0) is 64.5 Å². The molecule has 0 saturated carbocycles. The fraction of sp³-hybridized carbons (Fsp3) is 0.567. The fourth-order valence-corrected chi connectivity index (χ4v) is 9.40. The van der Waals surface area contributed by atoms with Crippen LogP contribution in [0, 0.1) is 18.8 Å². The van der Waals surface area contributed by atoms with Crippen LogP contribution in [0.3, 0.4) is 0 Å². The van der Waals surface area contributed by atoms with Crippen molar-refractivity contribution in [2.24, 2.45) is 11.8 Å². The first-order valence-corrected chi connectivity index (χ1v) is 14.9. The van der Waals surface area contributed by atoms with Crippen molar-refractivity contribution in [2.75, 3.05) is 24.7 Å².